The van der Waals surface area contributed by atoms with Crippen molar-refractivity contribution in [2.45, 2.75) is 13.3 Å². The minimum absolute atomic E-state index is 0.696. The second-order valence-corrected chi connectivity index (χ2v) is 5.09. The molecular weight excluding hydrogens is 280 g/mol. The molecule has 0 saturated heterocycles. The van der Waals surface area contributed by atoms with Crippen molar-refractivity contribution in [2.75, 3.05) is 19.8 Å². The average Bonchev–Trinajstić information content (AvgIpc) is 2.53. The predicted octanol–water partition coefficient (Wildman–Crippen LogP) is 3.44. The zero-order valence-corrected chi connectivity index (χ0v) is 13.6. The standard InChI is InChI=1S/C17H22N2OS/c1-4-14(16-7-5-6-8-17(16)18-2)13-19-15(9-11-20)10-12-21-3/h5-12,19H,4,13H2,1-3H3/b12-10-,15-9-,16-14+,18-17?. The summed E-state index contributed by atoms with van der Waals surface area (Å²) in [5, 5.41) is 5.25. The van der Waals surface area contributed by atoms with Gasteiger partial charge in [0.2, 0.25) is 0 Å². The summed E-state index contributed by atoms with van der Waals surface area (Å²) >= 11 is 1.60. The highest BCUT2D eigenvalue weighted by Crippen LogP contribution is 2.16. The van der Waals surface area contributed by atoms with Crippen molar-refractivity contribution in [3.63, 3.8) is 0 Å². The van der Waals surface area contributed by atoms with Crippen molar-refractivity contribution >= 4 is 23.8 Å². The van der Waals surface area contributed by atoms with Crippen LogP contribution in [-0.4, -0.2) is 31.8 Å². The lowest BCUT2D eigenvalue weighted by Gasteiger charge is -2.15. The Labute approximate surface area is 131 Å². The van der Waals surface area contributed by atoms with Gasteiger partial charge in [0.25, 0.3) is 0 Å². The van der Waals surface area contributed by atoms with Gasteiger partial charge in [-0.2, -0.15) is 0 Å². The van der Waals surface area contributed by atoms with Crippen molar-refractivity contribution < 1.29 is 4.79 Å². The Balaban J connectivity index is 2.89. The van der Waals surface area contributed by atoms with E-state index in [2.05, 4.69) is 23.3 Å². The summed E-state index contributed by atoms with van der Waals surface area (Å²) in [4.78, 5) is 15.0. The maximum Gasteiger partial charge on any atom is 0.144 e. The van der Waals surface area contributed by atoms with E-state index in [1.807, 2.05) is 36.0 Å². The highest BCUT2D eigenvalue weighted by Gasteiger charge is 2.09. The van der Waals surface area contributed by atoms with Crippen LogP contribution in [0.2, 0.25) is 0 Å². The number of nitrogens with one attached hydrogen (secondary N) is 1. The third-order valence-corrected chi connectivity index (χ3v) is 3.50. The number of carbonyl (C=O) groups excluding carboxylic acids is 1. The molecular formula is C17H22N2OS. The smallest absolute Gasteiger partial charge is 0.144 e. The lowest BCUT2D eigenvalue weighted by atomic mass is 9.97. The van der Waals surface area contributed by atoms with E-state index in [4.69, 9.17) is 0 Å². The molecule has 0 bridgehead atoms. The van der Waals surface area contributed by atoms with Gasteiger partial charge in [0.1, 0.15) is 6.29 Å². The van der Waals surface area contributed by atoms with Gasteiger partial charge in [0, 0.05) is 30.9 Å². The zero-order valence-electron chi connectivity index (χ0n) is 12.8. The van der Waals surface area contributed by atoms with Gasteiger partial charge in [-0.3, -0.25) is 9.79 Å². The van der Waals surface area contributed by atoms with Gasteiger partial charge in [-0.15, -0.1) is 11.8 Å². The van der Waals surface area contributed by atoms with Crippen molar-refractivity contribution in [1.82, 2.24) is 5.32 Å². The number of hydrogen-bond acceptors (Lipinski definition) is 4. The molecule has 0 spiro atoms. The molecule has 0 aromatic carbocycles. The molecule has 4 heteroatoms. The highest BCUT2D eigenvalue weighted by atomic mass is 32.2. The first-order valence-corrected chi connectivity index (χ1v) is 8.18. The molecule has 0 aromatic heterocycles. The van der Waals surface area contributed by atoms with Gasteiger partial charge in [-0.25, -0.2) is 0 Å². The van der Waals surface area contributed by atoms with Crippen LogP contribution in [0.15, 0.2) is 63.7 Å². The number of hydrogen-bond donors (Lipinski definition) is 1. The molecule has 0 saturated carbocycles. The molecule has 0 atom stereocenters. The van der Waals surface area contributed by atoms with Crippen LogP contribution in [0.5, 0.6) is 0 Å². The number of aliphatic imine (C=N–C) groups is 1. The fourth-order valence-corrected chi connectivity index (χ4v) is 2.26. The first kappa shape index (κ1) is 17.2. The molecule has 112 valence electrons. The molecule has 0 fully saturated rings. The lowest BCUT2D eigenvalue weighted by Crippen LogP contribution is -2.18. The van der Waals surface area contributed by atoms with Gasteiger partial charge in [0.05, 0.1) is 5.71 Å². The molecule has 1 aliphatic carbocycles. The normalized spacial score (nSPS) is 19.4. The summed E-state index contributed by atoms with van der Waals surface area (Å²) in [5.41, 5.74) is 4.24. The molecule has 0 unspecified atom stereocenters. The molecule has 1 aliphatic rings. The number of aldehydes is 1. The minimum atomic E-state index is 0.696. The second-order valence-electron chi connectivity index (χ2n) is 4.35. The van der Waals surface area contributed by atoms with Crippen molar-refractivity contribution in [3.8, 4) is 0 Å². The van der Waals surface area contributed by atoms with Gasteiger partial charge >= 0.3 is 0 Å². The monoisotopic (exact) mass is 302 g/mol. The third-order valence-electron chi connectivity index (χ3n) is 3.09. The van der Waals surface area contributed by atoms with E-state index in [0.29, 0.717) is 6.54 Å². The number of allylic oxidation sites excluding steroid dienone is 7. The van der Waals surface area contributed by atoms with E-state index in [9.17, 15) is 4.79 Å². The average molecular weight is 302 g/mol. The van der Waals surface area contributed by atoms with E-state index >= 15 is 0 Å². The van der Waals surface area contributed by atoms with E-state index in [1.54, 1.807) is 18.8 Å². The molecule has 0 aromatic rings. The Kier molecular flexibility index (Phi) is 8.21. The molecule has 3 nitrogen and oxygen atoms in total. The van der Waals surface area contributed by atoms with E-state index in [1.165, 1.54) is 11.6 Å². The summed E-state index contributed by atoms with van der Waals surface area (Å²) < 4.78 is 0. The largest absolute Gasteiger partial charge is 0.381 e. The Hall–Kier alpha value is -1.81. The van der Waals surface area contributed by atoms with Crippen LogP contribution in [0.3, 0.4) is 0 Å². The maximum atomic E-state index is 10.7. The molecule has 1 rings (SSSR count). The number of nitrogens with zero attached hydrogens (tertiary/aromatic N) is 1. The van der Waals surface area contributed by atoms with Crippen LogP contribution in [-0.2, 0) is 4.79 Å². The number of rotatable bonds is 7. The van der Waals surface area contributed by atoms with Crippen LogP contribution in [0.4, 0.5) is 0 Å². The van der Waals surface area contributed by atoms with E-state index < -0.39 is 0 Å². The fraction of sp³-hybridized carbons (Fsp3) is 0.294. The van der Waals surface area contributed by atoms with Gasteiger partial charge in [-0.1, -0.05) is 25.2 Å². The van der Waals surface area contributed by atoms with Crippen LogP contribution >= 0.6 is 11.8 Å². The van der Waals surface area contributed by atoms with Gasteiger partial charge in [-0.05, 0) is 35.8 Å². The molecule has 0 aliphatic heterocycles. The number of thioether (sulfide) groups is 1. The topological polar surface area (TPSA) is 41.5 Å². The quantitative estimate of drug-likeness (QED) is 0.445. The van der Waals surface area contributed by atoms with Gasteiger partial charge in [0.15, 0.2) is 0 Å². The van der Waals surface area contributed by atoms with Crippen molar-refractivity contribution in [3.05, 3.63) is 58.7 Å². The van der Waals surface area contributed by atoms with Crippen LogP contribution in [0.1, 0.15) is 13.3 Å². The Morgan fingerprint density at radius 3 is 2.76 bits per heavy atom. The van der Waals surface area contributed by atoms with Crippen LogP contribution < -0.4 is 5.32 Å². The van der Waals surface area contributed by atoms with Gasteiger partial charge < -0.3 is 5.32 Å². The fourth-order valence-electron chi connectivity index (χ4n) is 1.98. The third kappa shape index (κ3) is 5.60. The second kappa shape index (κ2) is 10.00. The highest BCUT2D eigenvalue weighted by molar-refractivity contribution is 8.01. The summed E-state index contributed by atoms with van der Waals surface area (Å²) in [5.74, 6) is 0. The predicted molar refractivity (Wildman–Crippen MR) is 93.8 cm³/mol. The summed E-state index contributed by atoms with van der Waals surface area (Å²) in [6.07, 6.45) is 15.3. The maximum absolute atomic E-state index is 10.7. The molecule has 0 radical (unpaired) electrons. The SMILES string of the molecule is CC/C(CNC(/C=C\SC)=C\C=O)=C1/C=CC=CC1=NC. The Morgan fingerprint density at radius 2 is 2.14 bits per heavy atom. The molecule has 0 amide bonds. The molecule has 1 N–H and O–H groups in total. The number of carbonyl (C=O) groups is 1. The summed E-state index contributed by atoms with van der Waals surface area (Å²) in [6.45, 7) is 2.83. The van der Waals surface area contributed by atoms with E-state index in [0.717, 1.165) is 29.7 Å². The summed E-state index contributed by atoms with van der Waals surface area (Å²) in [6, 6.07) is 0. The molecule has 0 heterocycles. The first-order chi connectivity index (χ1) is 10.3. The van der Waals surface area contributed by atoms with Crippen LogP contribution in [0, 0.1) is 0 Å². The van der Waals surface area contributed by atoms with Crippen molar-refractivity contribution in [2.24, 2.45) is 4.99 Å². The minimum Gasteiger partial charge on any atom is -0.381 e. The zero-order chi connectivity index (χ0) is 15.5. The van der Waals surface area contributed by atoms with E-state index in [-0.39, 0.29) is 0 Å². The van der Waals surface area contributed by atoms with Crippen molar-refractivity contribution in [1.29, 1.82) is 0 Å². The lowest BCUT2D eigenvalue weighted by molar-refractivity contribution is -0.104. The summed E-state index contributed by atoms with van der Waals surface area (Å²) in [7, 11) is 1.80. The molecule has 21 heavy (non-hydrogen) atoms. The van der Waals surface area contributed by atoms with Crippen LogP contribution in [0.25, 0.3) is 0 Å². The first-order valence-electron chi connectivity index (χ1n) is 6.89. The Morgan fingerprint density at radius 1 is 1.38 bits per heavy atom. The Bertz CT molecular complexity index is 537.